The minimum atomic E-state index is -0.314. The van der Waals surface area contributed by atoms with Crippen LogP contribution < -0.4 is 5.56 Å². The van der Waals surface area contributed by atoms with Crippen LogP contribution in [-0.4, -0.2) is 35.3 Å². The summed E-state index contributed by atoms with van der Waals surface area (Å²) in [5.74, 6) is 0. The van der Waals surface area contributed by atoms with E-state index in [4.69, 9.17) is 4.98 Å². The van der Waals surface area contributed by atoms with Gasteiger partial charge in [-0.1, -0.05) is 25.3 Å². The van der Waals surface area contributed by atoms with E-state index in [9.17, 15) is 9.90 Å². The third kappa shape index (κ3) is 3.26. The Morgan fingerprint density at radius 2 is 1.81 bits per heavy atom. The van der Waals surface area contributed by atoms with Gasteiger partial charge in [0.25, 0.3) is 5.56 Å². The van der Waals surface area contributed by atoms with Crippen molar-refractivity contribution >= 4 is 22.1 Å². The maximum atomic E-state index is 12.8. The quantitative estimate of drug-likeness (QED) is 0.491. The van der Waals surface area contributed by atoms with Gasteiger partial charge in [-0.25, -0.2) is 9.97 Å². The van der Waals surface area contributed by atoms with Crippen LogP contribution >= 0.6 is 0 Å². The van der Waals surface area contributed by atoms with Crippen LogP contribution in [0.5, 0.6) is 0 Å². The fourth-order valence-electron chi connectivity index (χ4n) is 5.83. The number of nitrogens with one attached hydrogen (secondary N) is 1. The zero-order chi connectivity index (χ0) is 21.7. The molecule has 2 aliphatic rings. The van der Waals surface area contributed by atoms with Gasteiger partial charge in [0.15, 0.2) is 0 Å². The maximum absolute atomic E-state index is 12.8. The standard InChI is InChI=1S/C25H29N5O2/c31-19-8-4-7-18(12-19)29-13-20(23-24(29)25(32)27-14-26-23)16-9-10-22-21(11-16)28-15-30(22)17-5-2-1-3-6-17/h9-11,13-15,17-19,31H,1-8,12H2,(H,26,27,32). The first-order chi connectivity index (χ1) is 15.7. The summed E-state index contributed by atoms with van der Waals surface area (Å²) < 4.78 is 4.39. The summed E-state index contributed by atoms with van der Waals surface area (Å²) in [5.41, 5.74) is 5.28. The lowest BCUT2D eigenvalue weighted by Crippen LogP contribution is -2.23. The average molecular weight is 432 g/mol. The Balaban J connectivity index is 1.45. The number of hydrogen-bond acceptors (Lipinski definition) is 4. The molecule has 4 aromatic rings. The lowest BCUT2D eigenvalue weighted by Gasteiger charge is -2.27. The number of rotatable bonds is 3. The van der Waals surface area contributed by atoms with E-state index in [1.165, 1.54) is 43.9 Å². The highest BCUT2D eigenvalue weighted by Gasteiger charge is 2.26. The molecule has 3 aromatic heterocycles. The second-order valence-electron chi connectivity index (χ2n) is 9.50. The highest BCUT2D eigenvalue weighted by atomic mass is 16.3. The summed E-state index contributed by atoms with van der Waals surface area (Å²) in [6.07, 6.45) is 15.0. The number of hydrogen-bond donors (Lipinski definition) is 2. The smallest absolute Gasteiger partial charge is 0.275 e. The first-order valence-corrected chi connectivity index (χ1v) is 11.9. The average Bonchev–Trinajstić information content (AvgIpc) is 3.42. The van der Waals surface area contributed by atoms with Crippen molar-refractivity contribution in [3.63, 3.8) is 0 Å². The Labute approximate surface area is 186 Å². The Morgan fingerprint density at radius 1 is 0.969 bits per heavy atom. The van der Waals surface area contributed by atoms with Gasteiger partial charge in [-0.15, -0.1) is 0 Å². The van der Waals surface area contributed by atoms with E-state index >= 15 is 0 Å². The zero-order valence-electron chi connectivity index (χ0n) is 18.2. The number of aliphatic hydroxyl groups excluding tert-OH is 1. The van der Waals surface area contributed by atoms with Gasteiger partial charge in [-0.05, 0) is 56.2 Å². The highest BCUT2D eigenvalue weighted by Crippen LogP contribution is 2.37. The van der Waals surface area contributed by atoms with Crippen LogP contribution in [0.15, 0.2) is 41.8 Å². The maximum Gasteiger partial charge on any atom is 0.275 e. The molecule has 0 radical (unpaired) electrons. The molecule has 2 unspecified atom stereocenters. The van der Waals surface area contributed by atoms with Gasteiger partial charge < -0.3 is 19.2 Å². The molecule has 7 heteroatoms. The van der Waals surface area contributed by atoms with Crippen LogP contribution in [0, 0.1) is 0 Å². The molecule has 7 nitrogen and oxygen atoms in total. The molecular formula is C25H29N5O2. The van der Waals surface area contributed by atoms with Crippen LogP contribution in [0.3, 0.4) is 0 Å². The number of fused-ring (bicyclic) bond motifs is 2. The Morgan fingerprint density at radius 3 is 2.66 bits per heavy atom. The lowest BCUT2D eigenvalue weighted by molar-refractivity contribution is 0.105. The van der Waals surface area contributed by atoms with E-state index in [1.807, 2.05) is 10.9 Å². The third-order valence-corrected chi connectivity index (χ3v) is 7.48. The molecule has 2 saturated carbocycles. The second kappa shape index (κ2) is 7.89. The van der Waals surface area contributed by atoms with E-state index in [0.29, 0.717) is 23.5 Å². The predicted octanol–water partition coefficient (Wildman–Crippen LogP) is 4.72. The van der Waals surface area contributed by atoms with Gasteiger partial charge in [0.2, 0.25) is 0 Å². The van der Waals surface area contributed by atoms with Gasteiger partial charge in [-0.2, -0.15) is 0 Å². The third-order valence-electron chi connectivity index (χ3n) is 7.48. The van der Waals surface area contributed by atoms with Crippen LogP contribution in [0.1, 0.15) is 69.9 Å². The van der Waals surface area contributed by atoms with Crippen molar-refractivity contribution in [1.82, 2.24) is 24.1 Å². The Bertz CT molecular complexity index is 1330. The van der Waals surface area contributed by atoms with Crippen molar-refractivity contribution < 1.29 is 5.11 Å². The van der Waals surface area contributed by atoms with Crippen molar-refractivity contribution in [2.24, 2.45) is 0 Å². The van der Waals surface area contributed by atoms with Crippen molar-refractivity contribution in [2.45, 2.75) is 76.0 Å². The van der Waals surface area contributed by atoms with Crippen molar-refractivity contribution in [1.29, 1.82) is 0 Å². The molecule has 0 saturated heterocycles. The summed E-state index contributed by atoms with van der Waals surface area (Å²) >= 11 is 0. The molecule has 1 aromatic carbocycles. The second-order valence-corrected chi connectivity index (χ2v) is 9.50. The normalized spacial score (nSPS) is 22.7. The van der Waals surface area contributed by atoms with Gasteiger partial charge in [0, 0.05) is 23.8 Å². The van der Waals surface area contributed by atoms with E-state index in [1.54, 1.807) is 0 Å². The van der Waals surface area contributed by atoms with Gasteiger partial charge in [0.1, 0.15) is 11.0 Å². The summed E-state index contributed by atoms with van der Waals surface area (Å²) in [6.45, 7) is 0. The summed E-state index contributed by atoms with van der Waals surface area (Å²) in [6, 6.07) is 7.05. The molecule has 2 fully saturated rings. The first-order valence-electron chi connectivity index (χ1n) is 11.9. The molecule has 166 valence electrons. The van der Waals surface area contributed by atoms with Gasteiger partial charge >= 0.3 is 0 Å². The van der Waals surface area contributed by atoms with E-state index in [0.717, 1.165) is 35.9 Å². The molecule has 2 N–H and O–H groups in total. The number of H-pyrrole nitrogens is 1. The van der Waals surface area contributed by atoms with Gasteiger partial charge in [-0.3, -0.25) is 4.79 Å². The van der Waals surface area contributed by atoms with Crippen LogP contribution in [0.4, 0.5) is 0 Å². The van der Waals surface area contributed by atoms with Crippen LogP contribution in [0.25, 0.3) is 33.2 Å². The molecule has 0 amide bonds. The van der Waals surface area contributed by atoms with Crippen molar-refractivity contribution in [2.75, 3.05) is 0 Å². The molecule has 6 rings (SSSR count). The lowest BCUT2D eigenvalue weighted by atomic mass is 9.93. The number of imidazole rings is 1. The zero-order valence-corrected chi connectivity index (χ0v) is 18.2. The van der Waals surface area contributed by atoms with E-state index in [-0.39, 0.29) is 17.7 Å². The molecular weight excluding hydrogens is 402 g/mol. The topological polar surface area (TPSA) is 88.7 Å². The number of aliphatic hydroxyl groups is 1. The highest BCUT2D eigenvalue weighted by molar-refractivity contribution is 5.95. The molecule has 3 heterocycles. The molecule has 0 aliphatic heterocycles. The largest absolute Gasteiger partial charge is 0.393 e. The fraction of sp³-hybridized carbons (Fsp3) is 0.480. The van der Waals surface area contributed by atoms with Crippen LogP contribution in [0.2, 0.25) is 0 Å². The molecule has 2 aliphatic carbocycles. The number of aromatic nitrogens is 5. The van der Waals surface area contributed by atoms with Gasteiger partial charge in [0.05, 0.1) is 29.8 Å². The summed E-state index contributed by atoms with van der Waals surface area (Å²) in [7, 11) is 0. The first kappa shape index (κ1) is 19.7. The minimum Gasteiger partial charge on any atom is -0.393 e. The monoisotopic (exact) mass is 431 g/mol. The summed E-state index contributed by atoms with van der Waals surface area (Å²) in [4.78, 5) is 24.8. The minimum absolute atomic E-state index is 0.106. The van der Waals surface area contributed by atoms with Crippen molar-refractivity contribution in [3.05, 3.63) is 47.4 Å². The Kier molecular flexibility index (Phi) is 4.86. The molecule has 0 bridgehead atoms. The molecule has 32 heavy (non-hydrogen) atoms. The van der Waals surface area contributed by atoms with Crippen molar-refractivity contribution in [3.8, 4) is 11.1 Å². The number of benzene rings is 1. The summed E-state index contributed by atoms with van der Waals surface area (Å²) in [5, 5.41) is 10.2. The number of nitrogens with zero attached hydrogens (tertiary/aromatic N) is 4. The Hall–Kier alpha value is -2.93. The number of aromatic amines is 1. The van der Waals surface area contributed by atoms with E-state index < -0.39 is 0 Å². The predicted molar refractivity (Wildman–Crippen MR) is 125 cm³/mol. The van der Waals surface area contributed by atoms with E-state index in [2.05, 4.69) is 38.9 Å². The molecule has 0 spiro atoms. The SMILES string of the molecule is O=c1[nH]cnc2c(-c3ccc4c(c3)ncn4C3CCCCC3)cn(C3CCCC(O)C3)c12. The van der Waals surface area contributed by atoms with Crippen LogP contribution in [-0.2, 0) is 0 Å². The molecule has 2 atom stereocenters. The fourth-order valence-corrected chi connectivity index (χ4v) is 5.83.